The molecule has 2 aromatic rings. The third-order valence-corrected chi connectivity index (χ3v) is 5.17. The van der Waals surface area contributed by atoms with Gasteiger partial charge in [0, 0.05) is 25.7 Å². The summed E-state index contributed by atoms with van der Waals surface area (Å²) in [6.45, 7) is 5.05. The minimum absolute atomic E-state index is 0.121. The highest BCUT2D eigenvalue weighted by Crippen LogP contribution is 2.24. The molecule has 7 nitrogen and oxygen atoms in total. The van der Waals surface area contributed by atoms with Gasteiger partial charge in [-0.25, -0.2) is 0 Å². The van der Waals surface area contributed by atoms with E-state index in [2.05, 4.69) is 15.5 Å². The molecular weight excluding hydrogens is 350 g/mol. The lowest BCUT2D eigenvalue weighted by molar-refractivity contribution is -0.129. The topological polar surface area (TPSA) is 80.1 Å². The Kier molecular flexibility index (Phi) is 5.92. The molecular formula is C18H23N5O2S. The number of thioether (sulfide) groups is 1. The van der Waals surface area contributed by atoms with Gasteiger partial charge in [-0.2, -0.15) is 0 Å². The molecule has 1 aliphatic heterocycles. The number of rotatable bonds is 5. The van der Waals surface area contributed by atoms with Crippen LogP contribution in [0.2, 0.25) is 0 Å². The fourth-order valence-corrected chi connectivity index (χ4v) is 3.92. The summed E-state index contributed by atoms with van der Waals surface area (Å²) in [5.41, 5.74) is 1.56. The van der Waals surface area contributed by atoms with Crippen molar-refractivity contribution in [2.75, 3.05) is 24.2 Å². The maximum Gasteiger partial charge on any atom is 0.233 e. The van der Waals surface area contributed by atoms with E-state index < -0.39 is 0 Å². The standard InChI is InChI=1S/C18H23N5O2S/c1-13-20-21-18(26-12-17(25)22-9-4-3-5-10-22)23(13)16-8-6-7-15(11-16)19-14(2)24/h6-8,11H,3-5,9-10,12H2,1-2H3,(H,19,24). The Morgan fingerprint density at radius 3 is 2.69 bits per heavy atom. The maximum absolute atomic E-state index is 12.4. The van der Waals surface area contributed by atoms with Gasteiger partial charge in [-0.3, -0.25) is 14.2 Å². The van der Waals surface area contributed by atoms with Gasteiger partial charge in [-0.05, 0) is 44.4 Å². The van der Waals surface area contributed by atoms with Gasteiger partial charge >= 0.3 is 0 Å². The summed E-state index contributed by atoms with van der Waals surface area (Å²) >= 11 is 1.40. The van der Waals surface area contributed by atoms with Crippen LogP contribution in [0.5, 0.6) is 0 Å². The number of piperidine rings is 1. The first kappa shape index (κ1) is 18.4. The second-order valence-corrected chi connectivity index (χ2v) is 7.27. The normalized spacial score (nSPS) is 14.3. The quantitative estimate of drug-likeness (QED) is 0.815. The fourth-order valence-electron chi connectivity index (χ4n) is 3.02. The zero-order chi connectivity index (χ0) is 18.5. The van der Waals surface area contributed by atoms with Gasteiger partial charge < -0.3 is 10.2 Å². The molecule has 8 heteroatoms. The van der Waals surface area contributed by atoms with E-state index in [0.717, 1.165) is 37.4 Å². The Bertz CT molecular complexity index is 799. The number of nitrogens with one attached hydrogen (secondary N) is 1. The highest BCUT2D eigenvalue weighted by molar-refractivity contribution is 7.99. The number of anilines is 1. The molecule has 1 fully saturated rings. The SMILES string of the molecule is CC(=O)Nc1cccc(-n2c(C)nnc2SCC(=O)N2CCCCC2)c1. The molecule has 1 aliphatic rings. The average Bonchev–Trinajstić information content (AvgIpc) is 3.00. The number of aryl methyl sites for hydroxylation is 1. The number of hydrogen-bond donors (Lipinski definition) is 1. The number of carbonyl (C=O) groups is 2. The average molecular weight is 373 g/mol. The van der Waals surface area contributed by atoms with Crippen LogP contribution in [-0.2, 0) is 9.59 Å². The molecule has 26 heavy (non-hydrogen) atoms. The Balaban J connectivity index is 1.74. The van der Waals surface area contributed by atoms with Crippen molar-refractivity contribution in [1.82, 2.24) is 19.7 Å². The zero-order valence-electron chi connectivity index (χ0n) is 15.1. The van der Waals surface area contributed by atoms with Crippen molar-refractivity contribution in [3.8, 4) is 5.69 Å². The number of hydrogen-bond acceptors (Lipinski definition) is 5. The molecule has 1 aromatic carbocycles. The molecule has 0 saturated carbocycles. The minimum Gasteiger partial charge on any atom is -0.342 e. The number of benzene rings is 1. The number of carbonyl (C=O) groups excluding carboxylic acids is 2. The number of likely N-dealkylation sites (tertiary alicyclic amines) is 1. The van der Waals surface area contributed by atoms with Gasteiger partial charge in [0.1, 0.15) is 5.82 Å². The summed E-state index contributed by atoms with van der Waals surface area (Å²) in [5, 5.41) is 11.8. The van der Waals surface area contributed by atoms with Gasteiger partial charge in [0.05, 0.1) is 11.4 Å². The van der Waals surface area contributed by atoms with E-state index >= 15 is 0 Å². The Morgan fingerprint density at radius 2 is 1.96 bits per heavy atom. The largest absolute Gasteiger partial charge is 0.342 e. The summed E-state index contributed by atoms with van der Waals surface area (Å²) in [4.78, 5) is 25.6. The van der Waals surface area contributed by atoms with Crippen LogP contribution in [0.3, 0.4) is 0 Å². The van der Waals surface area contributed by atoms with Crippen LogP contribution in [0.15, 0.2) is 29.4 Å². The second kappa shape index (κ2) is 8.35. The molecule has 2 heterocycles. The molecule has 0 radical (unpaired) electrons. The van der Waals surface area contributed by atoms with Gasteiger partial charge in [0.25, 0.3) is 0 Å². The molecule has 138 valence electrons. The molecule has 1 N–H and O–H groups in total. The molecule has 0 spiro atoms. The Morgan fingerprint density at radius 1 is 1.19 bits per heavy atom. The summed E-state index contributed by atoms with van der Waals surface area (Å²) in [7, 11) is 0. The molecule has 0 atom stereocenters. The minimum atomic E-state index is -0.121. The van der Waals surface area contributed by atoms with Crippen LogP contribution >= 0.6 is 11.8 Å². The third kappa shape index (κ3) is 4.43. The van der Waals surface area contributed by atoms with Crippen molar-refractivity contribution < 1.29 is 9.59 Å². The molecule has 2 amide bonds. The second-order valence-electron chi connectivity index (χ2n) is 6.33. The molecule has 0 bridgehead atoms. The van der Waals surface area contributed by atoms with Crippen LogP contribution in [0.25, 0.3) is 5.69 Å². The lowest BCUT2D eigenvalue weighted by Crippen LogP contribution is -2.36. The van der Waals surface area contributed by atoms with E-state index in [1.54, 1.807) is 0 Å². The number of aromatic nitrogens is 3. The highest BCUT2D eigenvalue weighted by atomic mass is 32.2. The number of amides is 2. The first-order chi connectivity index (χ1) is 12.5. The van der Waals surface area contributed by atoms with E-state index in [1.807, 2.05) is 40.7 Å². The van der Waals surface area contributed by atoms with E-state index in [4.69, 9.17) is 0 Å². The van der Waals surface area contributed by atoms with Crippen LogP contribution < -0.4 is 5.32 Å². The Hall–Kier alpha value is -2.35. The monoisotopic (exact) mass is 373 g/mol. The van der Waals surface area contributed by atoms with E-state index in [1.165, 1.54) is 25.1 Å². The van der Waals surface area contributed by atoms with Crippen molar-refractivity contribution in [2.24, 2.45) is 0 Å². The lowest BCUT2D eigenvalue weighted by atomic mass is 10.1. The number of nitrogens with zero attached hydrogens (tertiary/aromatic N) is 4. The molecule has 1 aromatic heterocycles. The van der Waals surface area contributed by atoms with Crippen molar-refractivity contribution >= 4 is 29.3 Å². The van der Waals surface area contributed by atoms with Crippen molar-refractivity contribution in [2.45, 2.75) is 38.3 Å². The van der Waals surface area contributed by atoms with Crippen LogP contribution in [0.4, 0.5) is 5.69 Å². The van der Waals surface area contributed by atoms with Gasteiger partial charge in [0.15, 0.2) is 5.16 Å². The summed E-state index contributed by atoms with van der Waals surface area (Å²) in [6.07, 6.45) is 3.37. The predicted molar refractivity (Wildman–Crippen MR) is 102 cm³/mol. The molecule has 3 rings (SSSR count). The third-order valence-electron chi connectivity index (χ3n) is 4.25. The first-order valence-corrected chi connectivity index (χ1v) is 9.74. The van der Waals surface area contributed by atoms with Gasteiger partial charge in [-0.1, -0.05) is 17.8 Å². The van der Waals surface area contributed by atoms with Gasteiger partial charge in [0.2, 0.25) is 11.8 Å². The van der Waals surface area contributed by atoms with Crippen LogP contribution in [0, 0.1) is 6.92 Å². The van der Waals surface area contributed by atoms with Crippen molar-refractivity contribution in [3.05, 3.63) is 30.1 Å². The summed E-state index contributed by atoms with van der Waals surface area (Å²) < 4.78 is 1.90. The zero-order valence-corrected chi connectivity index (χ0v) is 15.9. The Labute approximate surface area is 157 Å². The maximum atomic E-state index is 12.4. The van der Waals surface area contributed by atoms with E-state index in [-0.39, 0.29) is 11.8 Å². The van der Waals surface area contributed by atoms with Gasteiger partial charge in [-0.15, -0.1) is 10.2 Å². The predicted octanol–water partition coefficient (Wildman–Crippen LogP) is 2.64. The summed E-state index contributed by atoms with van der Waals surface area (Å²) in [6, 6.07) is 7.50. The molecule has 0 aliphatic carbocycles. The van der Waals surface area contributed by atoms with Crippen molar-refractivity contribution in [1.29, 1.82) is 0 Å². The summed E-state index contributed by atoms with van der Waals surface area (Å²) in [5.74, 6) is 1.11. The highest BCUT2D eigenvalue weighted by Gasteiger charge is 2.19. The molecule has 0 unspecified atom stereocenters. The lowest BCUT2D eigenvalue weighted by Gasteiger charge is -2.26. The molecule has 1 saturated heterocycles. The van der Waals surface area contributed by atoms with Crippen LogP contribution in [0.1, 0.15) is 32.0 Å². The van der Waals surface area contributed by atoms with Crippen LogP contribution in [-0.4, -0.2) is 50.3 Å². The van der Waals surface area contributed by atoms with Crippen molar-refractivity contribution in [3.63, 3.8) is 0 Å². The smallest absolute Gasteiger partial charge is 0.233 e. The van der Waals surface area contributed by atoms with E-state index in [0.29, 0.717) is 16.6 Å². The fraction of sp³-hybridized carbons (Fsp3) is 0.444. The van der Waals surface area contributed by atoms with E-state index in [9.17, 15) is 9.59 Å². The first-order valence-electron chi connectivity index (χ1n) is 8.75.